The molecule has 3 rings (SSSR count). The zero-order valence-corrected chi connectivity index (χ0v) is 22.0. The van der Waals surface area contributed by atoms with Gasteiger partial charge in [0.2, 0.25) is 0 Å². The zero-order valence-electron chi connectivity index (χ0n) is 21.2. The van der Waals surface area contributed by atoms with E-state index in [-0.39, 0.29) is 37.2 Å². The number of carboxylic acid groups (broad SMARTS) is 1. The summed E-state index contributed by atoms with van der Waals surface area (Å²) in [5, 5.41) is 14.8. The number of piperidine rings is 1. The van der Waals surface area contributed by atoms with Crippen LogP contribution in [0.4, 0.5) is 9.59 Å². The monoisotopic (exact) mass is 524 g/mol. The number of rotatable bonds is 10. The van der Waals surface area contributed by atoms with E-state index < -0.39 is 6.09 Å². The molecule has 0 radical (unpaired) electrons. The molecule has 0 aromatic heterocycles. The number of aryl methyl sites for hydroxylation is 1. The van der Waals surface area contributed by atoms with Crippen molar-refractivity contribution in [3.8, 4) is 0 Å². The van der Waals surface area contributed by atoms with Gasteiger partial charge in [0.1, 0.15) is 0 Å². The van der Waals surface area contributed by atoms with Gasteiger partial charge >= 0.3 is 12.1 Å². The molecule has 0 spiro atoms. The van der Waals surface area contributed by atoms with Crippen molar-refractivity contribution in [3.63, 3.8) is 0 Å². The maximum Gasteiger partial charge on any atom is 0.404 e. The van der Waals surface area contributed by atoms with Crippen LogP contribution >= 0.6 is 11.6 Å². The van der Waals surface area contributed by atoms with Gasteiger partial charge in [-0.15, -0.1) is 0 Å². The Labute approximate surface area is 219 Å². The largest absolute Gasteiger partial charge is 0.465 e. The normalized spacial score (nSPS) is 22.4. The molecular formula is C26H41ClN4O5. The lowest BCUT2D eigenvalue weighted by Crippen LogP contribution is -2.49. The Kier molecular flexibility index (Phi) is 11.6. The Morgan fingerprint density at radius 3 is 2.92 bits per heavy atom. The maximum atomic E-state index is 13.0. The van der Waals surface area contributed by atoms with E-state index in [1.807, 2.05) is 30.0 Å². The van der Waals surface area contributed by atoms with Crippen molar-refractivity contribution in [1.29, 1.82) is 0 Å². The van der Waals surface area contributed by atoms with Crippen molar-refractivity contribution in [2.24, 2.45) is 17.6 Å². The van der Waals surface area contributed by atoms with Crippen molar-refractivity contribution in [2.45, 2.75) is 57.6 Å². The van der Waals surface area contributed by atoms with Crippen molar-refractivity contribution < 1.29 is 24.2 Å². The molecule has 3 amide bonds. The topological polar surface area (TPSA) is 126 Å². The lowest BCUT2D eigenvalue weighted by atomic mass is 9.86. The molecule has 2 saturated heterocycles. The van der Waals surface area contributed by atoms with E-state index in [2.05, 4.69) is 10.6 Å². The summed E-state index contributed by atoms with van der Waals surface area (Å²) in [4.78, 5) is 25.7. The quantitative estimate of drug-likeness (QED) is 0.343. The van der Waals surface area contributed by atoms with E-state index in [9.17, 15) is 9.59 Å². The molecular weight excluding hydrogens is 484 g/mol. The third-order valence-corrected chi connectivity index (χ3v) is 7.29. The van der Waals surface area contributed by atoms with Crippen molar-refractivity contribution in [3.05, 3.63) is 34.3 Å². The second-order valence-electron chi connectivity index (χ2n) is 9.99. The van der Waals surface area contributed by atoms with Gasteiger partial charge < -0.3 is 35.8 Å². The van der Waals surface area contributed by atoms with Crippen LogP contribution in [0, 0.1) is 18.8 Å². The summed E-state index contributed by atoms with van der Waals surface area (Å²) in [5.74, 6) is 0.511. The van der Waals surface area contributed by atoms with Gasteiger partial charge in [-0.05, 0) is 68.2 Å². The molecule has 5 N–H and O–H groups in total. The molecule has 2 heterocycles. The predicted molar refractivity (Wildman–Crippen MR) is 139 cm³/mol. The molecule has 2 aliphatic heterocycles. The Balaban J connectivity index is 1.57. The maximum absolute atomic E-state index is 13.0. The Bertz CT molecular complexity index is 850. The van der Waals surface area contributed by atoms with Crippen molar-refractivity contribution in [2.75, 3.05) is 46.0 Å². The van der Waals surface area contributed by atoms with Gasteiger partial charge in [-0.1, -0.05) is 24.1 Å². The molecule has 2 aliphatic rings. The summed E-state index contributed by atoms with van der Waals surface area (Å²) in [6, 6.07) is 5.49. The number of carbonyl (C=O) groups is 2. The molecule has 202 valence electrons. The highest BCUT2D eigenvalue weighted by Crippen LogP contribution is 2.35. The molecule has 4 atom stereocenters. The Morgan fingerprint density at radius 1 is 1.28 bits per heavy atom. The average molecular weight is 525 g/mol. The second-order valence-corrected chi connectivity index (χ2v) is 10.4. The summed E-state index contributed by atoms with van der Waals surface area (Å²) in [6.45, 7) is 5.65. The molecule has 0 bridgehead atoms. The standard InChI is InChI=1S/C26H41ClN4O5/c1-18-7-8-21(27)14-23(18)24(36-12-9-29-26(33)34)20-6-4-10-31(16-20)25(32)30-15-22(28)13-19-5-2-3-11-35-17-19/h7-8,14,19-20,22,24,29H,2-6,9-13,15-17,28H2,1H3,(H,30,32)(H,33,34)/t19-,20-,22+,24-/m1/s1. The molecule has 0 unspecified atom stereocenters. The molecule has 2 fully saturated rings. The smallest absolute Gasteiger partial charge is 0.404 e. The number of hydrogen-bond acceptors (Lipinski definition) is 5. The Morgan fingerprint density at radius 2 is 2.11 bits per heavy atom. The van der Waals surface area contributed by atoms with E-state index >= 15 is 0 Å². The molecule has 0 aliphatic carbocycles. The van der Waals surface area contributed by atoms with Crippen LogP contribution in [0.1, 0.15) is 55.8 Å². The van der Waals surface area contributed by atoms with Gasteiger partial charge in [0, 0.05) is 56.4 Å². The molecule has 9 nitrogen and oxygen atoms in total. The van der Waals surface area contributed by atoms with Crippen LogP contribution in [-0.4, -0.2) is 74.2 Å². The number of nitrogens with two attached hydrogens (primary N) is 1. The third kappa shape index (κ3) is 9.10. The molecule has 1 aromatic rings. The highest BCUT2D eigenvalue weighted by atomic mass is 35.5. The fraction of sp³-hybridized carbons (Fsp3) is 0.692. The van der Waals surface area contributed by atoms with Gasteiger partial charge in [-0.3, -0.25) is 0 Å². The first-order valence-corrected chi connectivity index (χ1v) is 13.4. The number of ether oxygens (including phenoxy) is 2. The Hall–Kier alpha value is -2.07. The summed E-state index contributed by atoms with van der Waals surface area (Å²) in [6.07, 6.45) is 4.62. The van der Waals surface area contributed by atoms with Crippen molar-refractivity contribution in [1.82, 2.24) is 15.5 Å². The number of urea groups is 1. The van der Waals surface area contributed by atoms with E-state index in [1.165, 1.54) is 6.42 Å². The lowest BCUT2D eigenvalue weighted by molar-refractivity contribution is -0.00869. The van der Waals surface area contributed by atoms with Crippen LogP contribution in [0.25, 0.3) is 0 Å². The van der Waals surface area contributed by atoms with Crippen LogP contribution in [-0.2, 0) is 9.47 Å². The highest BCUT2D eigenvalue weighted by Gasteiger charge is 2.32. The number of likely N-dealkylation sites (tertiary alicyclic amines) is 1. The molecule has 0 saturated carbocycles. The molecule has 36 heavy (non-hydrogen) atoms. The second kappa shape index (κ2) is 14.6. The zero-order chi connectivity index (χ0) is 25.9. The van der Waals surface area contributed by atoms with Gasteiger partial charge in [0.15, 0.2) is 0 Å². The number of carbonyl (C=O) groups excluding carboxylic acids is 1. The van der Waals surface area contributed by atoms with E-state index in [4.69, 9.17) is 31.9 Å². The van der Waals surface area contributed by atoms with Crippen LogP contribution in [0.5, 0.6) is 0 Å². The fourth-order valence-corrected chi connectivity index (χ4v) is 5.36. The molecule has 10 heteroatoms. The SMILES string of the molecule is Cc1ccc(Cl)cc1[C@H](OCCNC(=O)O)[C@@H]1CCCN(C(=O)NC[C@@H](N)C[C@H]2CCCCOC2)C1. The first-order valence-electron chi connectivity index (χ1n) is 13.0. The predicted octanol–water partition coefficient (Wildman–Crippen LogP) is 3.93. The van der Waals surface area contributed by atoms with Gasteiger partial charge in [0.25, 0.3) is 0 Å². The average Bonchev–Trinajstić information content (AvgIpc) is 3.13. The third-order valence-electron chi connectivity index (χ3n) is 7.05. The minimum absolute atomic E-state index is 0.0586. The highest BCUT2D eigenvalue weighted by molar-refractivity contribution is 6.30. The van der Waals surface area contributed by atoms with Crippen molar-refractivity contribution >= 4 is 23.7 Å². The van der Waals surface area contributed by atoms with Gasteiger partial charge in [0.05, 0.1) is 12.7 Å². The van der Waals surface area contributed by atoms with Gasteiger partial charge in [-0.25, -0.2) is 9.59 Å². The summed E-state index contributed by atoms with van der Waals surface area (Å²) < 4.78 is 11.9. The summed E-state index contributed by atoms with van der Waals surface area (Å²) >= 11 is 6.29. The minimum atomic E-state index is -1.08. The fourth-order valence-electron chi connectivity index (χ4n) is 5.18. The summed E-state index contributed by atoms with van der Waals surface area (Å²) in [7, 11) is 0. The van der Waals surface area contributed by atoms with E-state index in [0.717, 1.165) is 56.4 Å². The van der Waals surface area contributed by atoms with Gasteiger partial charge in [-0.2, -0.15) is 0 Å². The number of benzene rings is 1. The number of amides is 3. The summed E-state index contributed by atoms with van der Waals surface area (Å²) in [5.41, 5.74) is 8.35. The lowest BCUT2D eigenvalue weighted by Gasteiger charge is -2.37. The van der Waals surface area contributed by atoms with E-state index in [0.29, 0.717) is 30.6 Å². The first-order chi connectivity index (χ1) is 17.3. The van der Waals surface area contributed by atoms with Crippen LogP contribution in [0.2, 0.25) is 5.02 Å². The van der Waals surface area contributed by atoms with Crippen LogP contribution in [0.15, 0.2) is 18.2 Å². The molecule has 1 aromatic carbocycles. The van der Waals surface area contributed by atoms with Crippen LogP contribution in [0.3, 0.4) is 0 Å². The number of nitrogens with one attached hydrogen (secondary N) is 2. The van der Waals surface area contributed by atoms with Crippen LogP contribution < -0.4 is 16.4 Å². The number of hydrogen-bond donors (Lipinski definition) is 4. The van der Waals surface area contributed by atoms with E-state index in [1.54, 1.807) is 0 Å². The minimum Gasteiger partial charge on any atom is -0.465 e. The number of nitrogens with zero attached hydrogens (tertiary/aromatic N) is 1. The number of halogens is 1. The first kappa shape index (κ1) is 28.5.